The van der Waals surface area contributed by atoms with E-state index in [1.807, 2.05) is 41.3 Å². The smallest absolute Gasteiger partial charge is 0.241 e. The zero-order valence-electron chi connectivity index (χ0n) is 17.9. The van der Waals surface area contributed by atoms with Crippen LogP contribution >= 0.6 is 0 Å². The van der Waals surface area contributed by atoms with Crippen molar-refractivity contribution in [2.75, 3.05) is 18.1 Å². The van der Waals surface area contributed by atoms with E-state index in [4.69, 9.17) is 13.9 Å². The first-order valence-corrected chi connectivity index (χ1v) is 11.3. The fraction of sp³-hybridized carbons (Fsp3) is 0.259. The van der Waals surface area contributed by atoms with E-state index >= 15 is 0 Å². The summed E-state index contributed by atoms with van der Waals surface area (Å²) >= 11 is 0. The highest BCUT2D eigenvalue weighted by Crippen LogP contribution is 2.57. The molecule has 6 heteroatoms. The average Bonchev–Trinajstić information content (AvgIpc) is 3.63. The Kier molecular flexibility index (Phi) is 3.96. The third-order valence-corrected chi connectivity index (χ3v) is 7.35. The van der Waals surface area contributed by atoms with Crippen LogP contribution in [0.3, 0.4) is 0 Å². The van der Waals surface area contributed by atoms with Crippen LogP contribution in [0.4, 0.5) is 5.69 Å². The van der Waals surface area contributed by atoms with Crippen molar-refractivity contribution >= 4 is 11.6 Å². The molecule has 3 atom stereocenters. The van der Waals surface area contributed by atoms with Gasteiger partial charge in [0.1, 0.15) is 11.2 Å². The molecule has 0 radical (unpaired) electrons. The maximum Gasteiger partial charge on any atom is 0.241 e. The topological polar surface area (TPSA) is 64.8 Å². The molecule has 6 nitrogen and oxygen atoms in total. The van der Waals surface area contributed by atoms with E-state index < -0.39 is 5.41 Å². The summed E-state index contributed by atoms with van der Waals surface area (Å²) in [5, 5.41) is 0. The number of benzene rings is 1. The van der Waals surface area contributed by atoms with Gasteiger partial charge in [-0.3, -0.25) is 9.78 Å². The molecule has 3 aliphatic heterocycles. The van der Waals surface area contributed by atoms with Crippen LogP contribution in [0.5, 0.6) is 0 Å². The number of nitrogens with zero attached hydrogens (tertiary/aromatic N) is 2. The van der Waals surface area contributed by atoms with Crippen molar-refractivity contribution in [3.8, 4) is 11.1 Å². The third kappa shape index (κ3) is 2.58. The number of carbonyl (C=O) groups is 1. The molecule has 4 aliphatic rings. The van der Waals surface area contributed by atoms with Gasteiger partial charge in [-0.2, -0.15) is 0 Å². The average molecular weight is 438 g/mol. The van der Waals surface area contributed by atoms with Gasteiger partial charge in [0, 0.05) is 35.3 Å². The Morgan fingerprint density at radius 2 is 2.09 bits per heavy atom. The summed E-state index contributed by atoms with van der Waals surface area (Å²) in [6, 6.07) is 13.9. The van der Waals surface area contributed by atoms with Crippen LogP contribution in [0.1, 0.15) is 17.7 Å². The normalized spacial score (nSPS) is 27.2. The van der Waals surface area contributed by atoms with Crippen molar-refractivity contribution < 1.29 is 18.7 Å². The van der Waals surface area contributed by atoms with Gasteiger partial charge in [-0.25, -0.2) is 0 Å². The SMILES string of the molecule is O=C1N(Cc2ccccn2)c2cccc(-c3ccoc3)c2C12COC1C=C3OCCC3=CC12. The van der Waals surface area contributed by atoms with Crippen molar-refractivity contribution in [3.05, 3.63) is 95.9 Å². The van der Waals surface area contributed by atoms with E-state index in [0.717, 1.165) is 40.3 Å². The minimum Gasteiger partial charge on any atom is -0.493 e. The molecule has 1 aliphatic carbocycles. The fourth-order valence-electron chi connectivity index (χ4n) is 5.87. The van der Waals surface area contributed by atoms with E-state index in [9.17, 15) is 4.79 Å². The lowest BCUT2D eigenvalue weighted by molar-refractivity contribution is -0.124. The number of rotatable bonds is 3. The summed E-state index contributed by atoms with van der Waals surface area (Å²) in [4.78, 5) is 20.7. The summed E-state index contributed by atoms with van der Waals surface area (Å²) in [6.07, 6.45) is 10.2. The highest BCUT2D eigenvalue weighted by molar-refractivity contribution is 6.11. The number of carbonyl (C=O) groups excluding carboxylic acids is 1. The van der Waals surface area contributed by atoms with E-state index in [-0.39, 0.29) is 17.9 Å². The molecule has 2 fully saturated rings. The van der Waals surface area contributed by atoms with Crippen molar-refractivity contribution in [2.24, 2.45) is 5.92 Å². The Balaban J connectivity index is 1.43. The molecule has 5 heterocycles. The minimum absolute atomic E-state index is 0.0687. The second-order valence-corrected chi connectivity index (χ2v) is 9.02. The van der Waals surface area contributed by atoms with Gasteiger partial charge in [-0.15, -0.1) is 0 Å². The molecular weight excluding hydrogens is 416 g/mol. The molecule has 3 unspecified atom stereocenters. The Bertz CT molecular complexity index is 1310. The summed E-state index contributed by atoms with van der Waals surface area (Å²) in [6.45, 7) is 1.43. The van der Waals surface area contributed by atoms with Crippen molar-refractivity contribution in [2.45, 2.75) is 24.5 Å². The molecule has 2 aromatic heterocycles. The largest absolute Gasteiger partial charge is 0.493 e. The van der Waals surface area contributed by atoms with Crippen LogP contribution in [-0.2, 0) is 26.2 Å². The van der Waals surface area contributed by atoms with E-state index in [1.54, 1.807) is 18.7 Å². The summed E-state index contributed by atoms with van der Waals surface area (Å²) in [5.41, 5.74) is 5.15. The molecule has 0 N–H and O–H groups in total. The first-order valence-electron chi connectivity index (χ1n) is 11.3. The second kappa shape index (κ2) is 6.93. The number of furan rings is 1. The number of anilines is 1. The van der Waals surface area contributed by atoms with Gasteiger partial charge in [0.2, 0.25) is 5.91 Å². The number of ether oxygens (including phenoxy) is 2. The van der Waals surface area contributed by atoms with Crippen LogP contribution < -0.4 is 4.90 Å². The van der Waals surface area contributed by atoms with Crippen molar-refractivity contribution in [3.63, 3.8) is 0 Å². The number of hydrogen-bond donors (Lipinski definition) is 0. The zero-order valence-corrected chi connectivity index (χ0v) is 17.9. The predicted molar refractivity (Wildman–Crippen MR) is 121 cm³/mol. The van der Waals surface area contributed by atoms with Crippen molar-refractivity contribution in [1.82, 2.24) is 4.98 Å². The van der Waals surface area contributed by atoms with E-state index in [2.05, 4.69) is 23.2 Å². The van der Waals surface area contributed by atoms with Crippen LogP contribution in [0.25, 0.3) is 11.1 Å². The Labute approximate surface area is 191 Å². The first-order chi connectivity index (χ1) is 16.3. The summed E-state index contributed by atoms with van der Waals surface area (Å²) in [5.74, 6) is 0.887. The standard InChI is InChI=1S/C27H22N2O4/c30-26-27(16-33-24-13-23-17(8-11-32-23)12-21(24)27)25-20(18-7-10-31-15-18)5-3-6-22(25)29(26)14-19-4-1-2-9-28-19/h1-7,9-10,12-13,15,21,24H,8,11,14,16H2. The molecule has 1 aromatic carbocycles. The maximum absolute atomic E-state index is 14.4. The number of fused-ring (bicyclic) bond motifs is 5. The number of aromatic nitrogens is 1. The van der Waals surface area contributed by atoms with Gasteiger partial charge < -0.3 is 18.8 Å². The lowest BCUT2D eigenvalue weighted by Gasteiger charge is -2.31. The lowest BCUT2D eigenvalue weighted by atomic mass is 9.67. The van der Waals surface area contributed by atoms with Crippen LogP contribution in [0.15, 0.2) is 89.1 Å². The second-order valence-electron chi connectivity index (χ2n) is 9.02. The predicted octanol–water partition coefficient (Wildman–Crippen LogP) is 4.39. The summed E-state index contributed by atoms with van der Waals surface area (Å²) in [7, 11) is 0. The Morgan fingerprint density at radius 3 is 2.94 bits per heavy atom. The molecule has 0 bridgehead atoms. The lowest BCUT2D eigenvalue weighted by Crippen LogP contribution is -2.46. The van der Waals surface area contributed by atoms with Crippen LogP contribution in [0.2, 0.25) is 0 Å². The fourth-order valence-corrected chi connectivity index (χ4v) is 5.87. The highest BCUT2D eigenvalue weighted by Gasteiger charge is 2.62. The number of pyridine rings is 1. The van der Waals surface area contributed by atoms with Crippen molar-refractivity contribution in [1.29, 1.82) is 0 Å². The van der Waals surface area contributed by atoms with E-state index in [0.29, 0.717) is 19.8 Å². The van der Waals surface area contributed by atoms with Gasteiger partial charge in [-0.1, -0.05) is 24.3 Å². The molecule has 1 spiro atoms. The zero-order chi connectivity index (χ0) is 22.0. The van der Waals surface area contributed by atoms with E-state index in [1.165, 1.54) is 5.57 Å². The minimum atomic E-state index is -0.805. The Morgan fingerprint density at radius 1 is 1.12 bits per heavy atom. The number of hydrogen-bond acceptors (Lipinski definition) is 5. The van der Waals surface area contributed by atoms with Gasteiger partial charge in [0.15, 0.2) is 0 Å². The van der Waals surface area contributed by atoms with Crippen LogP contribution in [0, 0.1) is 5.92 Å². The molecule has 0 saturated carbocycles. The molecule has 3 aromatic rings. The Hall–Kier alpha value is -3.64. The monoisotopic (exact) mass is 438 g/mol. The molecular formula is C27H22N2O4. The third-order valence-electron chi connectivity index (χ3n) is 7.35. The number of amides is 1. The quantitative estimate of drug-likeness (QED) is 0.607. The first kappa shape index (κ1) is 18.9. The highest BCUT2D eigenvalue weighted by atomic mass is 16.5. The molecule has 33 heavy (non-hydrogen) atoms. The number of allylic oxidation sites excluding steroid dienone is 1. The molecule has 2 saturated heterocycles. The van der Waals surface area contributed by atoms with Gasteiger partial charge in [-0.05, 0) is 41.5 Å². The van der Waals surface area contributed by atoms with Crippen LogP contribution in [-0.4, -0.2) is 30.2 Å². The molecule has 1 amide bonds. The van der Waals surface area contributed by atoms with Gasteiger partial charge >= 0.3 is 0 Å². The summed E-state index contributed by atoms with van der Waals surface area (Å²) < 4.78 is 17.5. The van der Waals surface area contributed by atoms with Gasteiger partial charge in [0.05, 0.1) is 44.1 Å². The maximum atomic E-state index is 14.4. The molecule has 7 rings (SSSR count). The molecule has 164 valence electrons. The van der Waals surface area contributed by atoms with Gasteiger partial charge in [0.25, 0.3) is 0 Å².